The van der Waals surface area contributed by atoms with Crippen LogP contribution in [0.2, 0.25) is 5.02 Å². The van der Waals surface area contributed by atoms with Gasteiger partial charge in [-0.1, -0.05) is 17.7 Å². The quantitative estimate of drug-likeness (QED) is 0.656. The van der Waals surface area contributed by atoms with E-state index in [0.29, 0.717) is 33.6 Å². The molecular weight excluding hydrogens is 326 g/mol. The minimum Gasteiger partial charge on any atom is -0.456 e. The molecule has 0 spiro atoms. The fourth-order valence-electron chi connectivity index (χ4n) is 2.18. The van der Waals surface area contributed by atoms with Crippen LogP contribution in [0.5, 0.6) is 11.5 Å². The molecule has 0 N–H and O–H groups in total. The first-order valence-corrected chi connectivity index (χ1v) is 7.68. The van der Waals surface area contributed by atoms with Crippen LogP contribution in [0.3, 0.4) is 0 Å². The third kappa shape index (κ3) is 4.14. The molecule has 5 nitrogen and oxygen atoms in total. The molecule has 0 amide bonds. The number of rotatable bonds is 5. The van der Waals surface area contributed by atoms with Gasteiger partial charge in [0.2, 0.25) is 0 Å². The molecule has 0 atom stereocenters. The van der Waals surface area contributed by atoms with Crippen LogP contribution in [0, 0.1) is 6.92 Å². The fourth-order valence-corrected chi connectivity index (χ4v) is 2.34. The SMILES string of the molecule is Cc1cc(Oc2cncc(Cl)c2)cc(C(=O)Cc2ccccn2)n1. The number of aromatic nitrogens is 3. The van der Waals surface area contributed by atoms with Crippen LogP contribution in [0.15, 0.2) is 55.0 Å². The second-order valence-electron chi connectivity index (χ2n) is 5.19. The van der Waals surface area contributed by atoms with Gasteiger partial charge in [-0.3, -0.25) is 14.8 Å². The number of nitrogens with zero attached hydrogens (tertiary/aromatic N) is 3. The number of hydrogen-bond donors (Lipinski definition) is 0. The van der Waals surface area contributed by atoms with Gasteiger partial charge in [0.25, 0.3) is 0 Å². The van der Waals surface area contributed by atoms with Gasteiger partial charge in [0.05, 0.1) is 17.6 Å². The first-order chi connectivity index (χ1) is 11.6. The molecule has 3 rings (SSSR count). The van der Waals surface area contributed by atoms with Crippen LogP contribution in [0.25, 0.3) is 0 Å². The van der Waals surface area contributed by atoms with Crippen molar-refractivity contribution in [1.82, 2.24) is 15.0 Å². The van der Waals surface area contributed by atoms with Crippen molar-refractivity contribution in [2.45, 2.75) is 13.3 Å². The van der Waals surface area contributed by atoms with Gasteiger partial charge >= 0.3 is 0 Å². The maximum Gasteiger partial charge on any atom is 0.187 e. The van der Waals surface area contributed by atoms with E-state index >= 15 is 0 Å². The van der Waals surface area contributed by atoms with Gasteiger partial charge in [-0.25, -0.2) is 4.98 Å². The van der Waals surface area contributed by atoms with E-state index in [1.165, 1.54) is 6.20 Å². The van der Waals surface area contributed by atoms with E-state index in [0.717, 1.165) is 0 Å². The number of halogens is 1. The first kappa shape index (κ1) is 16.1. The van der Waals surface area contributed by atoms with E-state index in [1.54, 1.807) is 37.5 Å². The van der Waals surface area contributed by atoms with E-state index in [9.17, 15) is 4.79 Å². The summed E-state index contributed by atoms with van der Waals surface area (Å²) in [6.07, 6.45) is 4.92. The molecule has 3 heterocycles. The van der Waals surface area contributed by atoms with Crippen LogP contribution in [0.1, 0.15) is 21.9 Å². The molecule has 3 aromatic heterocycles. The summed E-state index contributed by atoms with van der Waals surface area (Å²) in [5, 5.41) is 0.477. The zero-order chi connectivity index (χ0) is 16.9. The Morgan fingerprint density at radius 3 is 2.79 bits per heavy atom. The lowest BCUT2D eigenvalue weighted by Gasteiger charge is -2.08. The minimum atomic E-state index is -0.119. The lowest BCUT2D eigenvalue weighted by Crippen LogP contribution is -2.08. The maximum absolute atomic E-state index is 12.4. The zero-order valence-electron chi connectivity index (χ0n) is 12.9. The van der Waals surface area contributed by atoms with Gasteiger partial charge in [-0.05, 0) is 19.1 Å². The minimum absolute atomic E-state index is 0.119. The summed E-state index contributed by atoms with van der Waals surface area (Å²) in [5.74, 6) is 0.888. The molecule has 0 radical (unpaired) electrons. The number of ketones is 1. The zero-order valence-corrected chi connectivity index (χ0v) is 13.7. The predicted octanol–water partition coefficient (Wildman–Crippen LogP) is 4.05. The molecule has 3 aromatic rings. The van der Waals surface area contributed by atoms with Crippen molar-refractivity contribution in [2.75, 3.05) is 0 Å². The van der Waals surface area contributed by atoms with E-state index in [-0.39, 0.29) is 12.2 Å². The smallest absolute Gasteiger partial charge is 0.187 e. The van der Waals surface area contributed by atoms with Gasteiger partial charge in [0.1, 0.15) is 17.2 Å². The summed E-state index contributed by atoms with van der Waals surface area (Å²) in [7, 11) is 0. The van der Waals surface area contributed by atoms with E-state index in [1.807, 2.05) is 18.2 Å². The van der Waals surface area contributed by atoms with E-state index in [4.69, 9.17) is 16.3 Å². The molecule has 0 unspecified atom stereocenters. The highest BCUT2D eigenvalue weighted by Crippen LogP contribution is 2.24. The second kappa shape index (κ2) is 7.19. The van der Waals surface area contributed by atoms with Crippen molar-refractivity contribution < 1.29 is 9.53 Å². The topological polar surface area (TPSA) is 65.0 Å². The summed E-state index contributed by atoms with van der Waals surface area (Å²) in [6.45, 7) is 1.81. The van der Waals surface area contributed by atoms with Gasteiger partial charge in [-0.2, -0.15) is 0 Å². The highest BCUT2D eigenvalue weighted by atomic mass is 35.5. The van der Waals surface area contributed by atoms with Crippen LogP contribution in [-0.4, -0.2) is 20.7 Å². The Morgan fingerprint density at radius 2 is 2.04 bits per heavy atom. The molecular formula is C18H14ClN3O2. The van der Waals surface area contributed by atoms with Gasteiger partial charge < -0.3 is 4.74 Å². The normalized spacial score (nSPS) is 10.4. The summed E-state index contributed by atoms with van der Waals surface area (Å²) < 4.78 is 5.73. The predicted molar refractivity (Wildman–Crippen MR) is 90.6 cm³/mol. The number of carbonyl (C=O) groups is 1. The van der Waals surface area contributed by atoms with Crippen LogP contribution < -0.4 is 4.74 Å². The Labute approximate surface area is 144 Å². The monoisotopic (exact) mass is 339 g/mol. The Balaban J connectivity index is 1.82. The molecule has 0 aliphatic rings. The fraction of sp³-hybridized carbons (Fsp3) is 0.111. The van der Waals surface area contributed by atoms with Crippen molar-refractivity contribution in [2.24, 2.45) is 0 Å². The van der Waals surface area contributed by atoms with Gasteiger partial charge in [0, 0.05) is 42.0 Å². The van der Waals surface area contributed by atoms with Crippen LogP contribution >= 0.6 is 11.6 Å². The number of ether oxygens (including phenoxy) is 1. The maximum atomic E-state index is 12.4. The molecule has 0 saturated carbocycles. The summed E-state index contributed by atoms with van der Waals surface area (Å²) in [6, 6.07) is 10.5. The van der Waals surface area contributed by atoms with Crippen molar-refractivity contribution in [3.63, 3.8) is 0 Å². The van der Waals surface area contributed by atoms with Crippen molar-refractivity contribution in [3.05, 3.63) is 77.1 Å². The average Bonchev–Trinajstić information content (AvgIpc) is 2.55. The van der Waals surface area contributed by atoms with Gasteiger partial charge in [-0.15, -0.1) is 0 Å². The first-order valence-electron chi connectivity index (χ1n) is 7.30. The molecule has 0 aliphatic heterocycles. The number of pyridine rings is 3. The molecule has 120 valence electrons. The standard InChI is InChI=1S/C18H14ClN3O2/c1-12-6-15(24-16-7-13(19)10-20-11-16)9-17(22-12)18(23)8-14-4-2-3-5-21-14/h2-7,9-11H,8H2,1H3. The third-order valence-electron chi connectivity index (χ3n) is 3.20. The Kier molecular flexibility index (Phi) is 4.82. The molecule has 0 aromatic carbocycles. The van der Waals surface area contributed by atoms with Crippen molar-refractivity contribution >= 4 is 17.4 Å². The average molecular weight is 340 g/mol. The Morgan fingerprint density at radius 1 is 1.17 bits per heavy atom. The molecule has 0 bridgehead atoms. The highest BCUT2D eigenvalue weighted by molar-refractivity contribution is 6.30. The summed E-state index contributed by atoms with van der Waals surface area (Å²) in [5.41, 5.74) is 1.73. The number of aryl methyl sites for hydroxylation is 1. The largest absolute Gasteiger partial charge is 0.456 e. The number of carbonyl (C=O) groups excluding carboxylic acids is 1. The lowest BCUT2D eigenvalue weighted by molar-refractivity contribution is 0.0986. The van der Waals surface area contributed by atoms with Crippen LogP contribution in [0.4, 0.5) is 0 Å². The van der Waals surface area contributed by atoms with E-state index < -0.39 is 0 Å². The third-order valence-corrected chi connectivity index (χ3v) is 3.40. The second-order valence-corrected chi connectivity index (χ2v) is 5.63. The summed E-state index contributed by atoms with van der Waals surface area (Å²) in [4.78, 5) is 24.9. The highest BCUT2D eigenvalue weighted by Gasteiger charge is 2.12. The summed E-state index contributed by atoms with van der Waals surface area (Å²) >= 11 is 5.90. The molecule has 0 saturated heterocycles. The number of hydrogen-bond acceptors (Lipinski definition) is 5. The molecule has 0 fully saturated rings. The lowest BCUT2D eigenvalue weighted by atomic mass is 10.1. The van der Waals surface area contributed by atoms with Crippen molar-refractivity contribution in [1.29, 1.82) is 0 Å². The Bertz CT molecular complexity index is 869. The Hall–Kier alpha value is -2.79. The molecule has 6 heteroatoms. The molecule has 0 aliphatic carbocycles. The van der Waals surface area contributed by atoms with E-state index in [2.05, 4.69) is 15.0 Å². The van der Waals surface area contributed by atoms with Crippen LogP contribution in [-0.2, 0) is 6.42 Å². The number of Topliss-reactive ketones (excluding diaryl/α,β-unsaturated/α-hetero) is 1. The van der Waals surface area contributed by atoms with Gasteiger partial charge in [0.15, 0.2) is 5.78 Å². The van der Waals surface area contributed by atoms with Crippen molar-refractivity contribution in [3.8, 4) is 11.5 Å². The molecule has 24 heavy (non-hydrogen) atoms.